The number of hydrogen-bond donors (Lipinski definition) is 3. The van der Waals surface area contributed by atoms with Gasteiger partial charge in [0.25, 0.3) is 5.56 Å². The highest BCUT2D eigenvalue weighted by Crippen LogP contribution is 2.42. The molecule has 0 aliphatic rings. The van der Waals surface area contributed by atoms with Gasteiger partial charge in [0.05, 0.1) is 30.3 Å². The van der Waals surface area contributed by atoms with Crippen molar-refractivity contribution in [2.24, 2.45) is 0 Å². The molecule has 3 N–H and O–H groups in total. The number of nitrogens with one attached hydrogen (secondary N) is 1. The number of aliphatic hydroxyl groups excluding tert-OH is 2. The fourth-order valence-corrected chi connectivity index (χ4v) is 4.15. The number of H-pyrrole nitrogens is 1. The van der Waals surface area contributed by atoms with Gasteiger partial charge in [0.1, 0.15) is 5.75 Å². The minimum absolute atomic E-state index is 0.0417. The molecule has 0 bridgehead atoms. The minimum Gasteiger partial charge on any atom is -0.496 e. The van der Waals surface area contributed by atoms with Crippen LogP contribution in [0, 0.1) is 0 Å². The molecule has 10 heteroatoms. The van der Waals surface area contributed by atoms with E-state index in [2.05, 4.69) is 4.98 Å². The van der Waals surface area contributed by atoms with Crippen LogP contribution in [0.1, 0.15) is 5.56 Å². The molecule has 1 aromatic heterocycles. The zero-order valence-electron chi connectivity index (χ0n) is 15.6. The average Bonchev–Trinajstić information content (AvgIpc) is 2.70. The van der Waals surface area contributed by atoms with E-state index in [1.807, 2.05) is 0 Å². The first-order valence-corrected chi connectivity index (χ1v) is 10.0. The van der Waals surface area contributed by atoms with Gasteiger partial charge in [-0.3, -0.25) is 4.79 Å². The SMILES string of the molecule is COc1ccc(Cl)cc1-c1c(SCC(O)CO)c(=O)[nH]c2ccc(C(F)(F)F)cc12. The second-order valence-electron chi connectivity index (χ2n) is 6.41. The first-order chi connectivity index (χ1) is 14.2. The monoisotopic (exact) mass is 459 g/mol. The maximum Gasteiger partial charge on any atom is 0.416 e. The maximum atomic E-state index is 13.4. The van der Waals surface area contributed by atoms with Crippen LogP contribution in [-0.2, 0) is 6.18 Å². The van der Waals surface area contributed by atoms with Crippen molar-refractivity contribution in [1.82, 2.24) is 4.98 Å². The van der Waals surface area contributed by atoms with E-state index in [0.29, 0.717) is 16.3 Å². The fourth-order valence-electron chi connectivity index (χ4n) is 2.96. The number of alkyl halides is 3. The molecule has 0 radical (unpaired) electrons. The summed E-state index contributed by atoms with van der Waals surface area (Å²) in [5.74, 6) is 0.271. The molecule has 3 rings (SSSR count). The second-order valence-corrected chi connectivity index (χ2v) is 7.88. The van der Waals surface area contributed by atoms with Crippen LogP contribution < -0.4 is 10.3 Å². The smallest absolute Gasteiger partial charge is 0.416 e. The van der Waals surface area contributed by atoms with E-state index in [4.69, 9.17) is 21.4 Å². The Bertz CT molecular complexity index is 1130. The van der Waals surface area contributed by atoms with Crippen molar-refractivity contribution in [3.05, 3.63) is 57.3 Å². The lowest BCUT2D eigenvalue weighted by molar-refractivity contribution is -0.137. The number of halogens is 4. The molecule has 5 nitrogen and oxygen atoms in total. The number of benzene rings is 2. The van der Waals surface area contributed by atoms with Crippen LogP contribution in [0.15, 0.2) is 46.1 Å². The predicted molar refractivity (Wildman–Crippen MR) is 110 cm³/mol. The Morgan fingerprint density at radius 1 is 1.23 bits per heavy atom. The molecule has 30 heavy (non-hydrogen) atoms. The van der Waals surface area contributed by atoms with Crippen LogP contribution in [0.3, 0.4) is 0 Å². The summed E-state index contributed by atoms with van der Waals surface area (Å²) >= 11 is 7.04. The molecule has 0 saturated heterocycles. The summed E-state index contributed by atoms with van der Waals surface area (Å²) in [6, 6.07) is 7.64. The van der Waals surface area contributed by atoms with Gasteiger partial charge < -0.3 is 19.9 Å². The first kappa shape index (κ1) is 22.5. The summed E-state index contributed by atoms with van der Waals surface area (Å²) < 4.78 is 45.4. The summed E-state index contributed by atoms with van der Waals surface area (Å²) in [4.78, 5) is 15.4. The molecule has 1 heterocycles. The minimum atomic E-state index is -4.58. The Kier molecular flexibility index (Phi) is 6.66. The molecule has 2 aromatic carbocycles. The van der Waals surface area contributed by atoms with Gasteiger partial charge in [-0.2, -0.15) is 13.2 Å². The Morgan fingerprint density at radius 2 is 1.97 bits per heavy atom. The van der Waals surface area contributed by atoms with E-state index in [-0.39, 0.29) is 27.1 Å². The molecule has 0 aliphatic carbocycles. The van der Waals surface area contributed by atoms with Crippen LogP contribution in [0.4, 0.5) is 13.2 Å². The van der Waals surface area contributed by atoms with Crippen LogP contribution in [-0.4, -0.2) is 40.8 Å². The largest absolute Gasteiger partial charge is 0.496 e. The van der Waals surface area contributed by atoms with Crippen molar-refractivity contribution in [2.75, 3.05) is 19.5 Å². The molecular formula is C20H17ClF3NO4S. The van der Waals surface area contributed by atoms with Crippen molar-refractivity contribution in [3.63, 3.8) is 0 Å². The average molecular weight is 460 g/mol. The van der Waals surface area contributed by atoms with E-state index in [0.717, 1.165) is 23.9 Å². The Balaban J connectivity index is 2.39. The zero-order valence-corrected chi connectivity index (χ0v) is 17.2. The normalized spacial score (nSPS) is 12.9. The summed E-state index contributed by atoms with van der Waals surface area (Å²) in [6.45, 7) is -0.521. The van der Waals surface area contributed by atoms with Crippen molar-refractivity contribution in [3.8, 4) is 16.9 Å². The van der Waals surface area contributed by atoms with Gasteiger partial charge in [0.2, 0.25) is 0 Å². The van der Waals surface area contributed by atoms with Gasteiger partial charge in [-0.1, -0.05) is 11.6 Å². The van der Waals surface area contributed by atoms with E-state index >= 15 is 0 Å². The molecule has 1 atom stereocenters. The highest BCUT2D eigenvalue weighted by molar-refractivity contribution is 7.99. The maximum absolute atomic E-state index is 13.4. The standard InChI is InChI=1S/C20H17ClF3NO4S/c1-29-16-5-3-11(21)7-14(16)17-13-6-10(20(22,23)24)2-4-15(13)25-19(28)18(17)30-9-12(27)8-26/h2-7,12,26-27H,8-9H2,1H3,(H,25,28). The molecule has 1 unspecified atom stereocenters. The third kappa shape index (κ3) is 4.59. The van der Waals surface area contributed by atoms with E-state index in [9.17, 15) is 23.1 Å². The fraction of sp³-hybridized carbons (Fsp3) is 0.250. The number of thioether (sulfide) groups is 1. The molecule has 0 spiro atoms. The van der Waals surface area contributed by atoms with Crippen LogP contribution >= 0.6 is 23.4 Å². The molecule has 0 aliphatic heterocycles. The highest BCUT2D eigenvalue weighted by atomic mass is 35.5. The van der Waals surface area contributed by atoms with Gasteiger partial charge in [-0.05, 0) is 36.4 Å². The summed E-state index contributed by atoms with van der Waals surface area (Å²) in [7, 11) is 1.39. The number of aliphatic hydroxyl groups is 2. The lowest BCUT2D eigenvalue weighted by atomic mass is 9.98. The number of aromatic nitrogens is 1. The predicted octanol–water partition coefficient (Wildman–Crippen LogP) is 4.32. The number of aromatic amines is 1. The van der Waals surface area contributed by atoms with Gasteiger partial charge in [-0.25, -0.2) is 0 Å². The van der Waals surface area contributed by atoms with E-state index in [1.165, 1.54) is 19.2 Å². The van der Waals surface area contributed by atoms with Crippen LogP contribution in [0.25, 0.3) is 22.0 Å². The summed E-state index contributed by atoms with van der Waals surface area (Å²) in [6.07, 6.45) is -5.69. The molecule has 160 valence electrons. The van der Waals surface area contributed by atoms with E-state index < -0.39 is 30.0 Å². The molecule has 0 fully saturated rings. The van der Waals surface area contributed by atoms with Crippen molar-refractivity contribution in [1.29, 1.82) is 0 Å². The number of methoxy groups -OCH3 is 1. The highest BCUT2D eigenvalue weighted by Gasteiger charge is 2.31. The molecule has 3 aromatic rings. The van der Waals surface area contributed by atoms with Crippen molar-refractivity contribution in [2.45, 2.75) is 17.2 Å². The summed E-state index contributed by atoms with van der Waals surface area (Å²) in [5, 5.41) is 19.2. The van der Waals surface area contributed by atoms with Gasteiger partial charge in [-0.15, -0.1) is 11.8 Å². The summed E-state index contributed by atoms with van der Waals surface area (Å²) in [5.41, 5.74) is -0.682. The number of rotatable bonds is 6. The quantitative estimate of drug-likeness (QED) is 0.478. The van der Waals surface area contributed by atoms with Crippen molar-refractivity contribution >= 4 is 34.3 Å². The third-order valence-electron chi connectivity index (χ3n) is 4.36. The number of pyridine rings is 1. The number of fused-ring (bicyclic) bond motifs is 1. The lowest BCUT2D eigenvalue weighted by Gasteiger charge is -2.17. The van der Waals surface area contributed by atoms with E-state index in [1.54, 1.807) is 12.1 Å². The number of hydrogen-bond acceptors (Lipinski definition) is 5. The molecule has 0 saturated carbocycles. The Labute approximate surface area is 178 Å². The second kappa shape index (κ2) is 8.89. The topological polar surface area (TPSA) is 82.5 Å². The Morgan fingerprint density at radius 3 is 2.60 bits per heavy atom. The third-order valence-corrected chi connectivity index (χ3v) is 5.82. The van der Waals surface area contributed by atoms with Crippen molar-refractivity contribution < 1.29 is 28.1 Å². The van der Waals surface area contributed by atoms with Crippen LogP contribution in [0.5, 0.6) is 5.75 Å². The molecule has 0 amide bonds. The van der Waals surface area contributed by atoms with Gasteiger partial charge in [0, 0.05) is 32.8 Å². The van der Waals surface area contributed by atoms with Gasteiger partial charge >= 0.3 is 6.18 Å². The lowest BCUT2D eigenvalue weighted by Crippen LogP contribution is -2.17. The Hall–Kier alpha value is -2.20. The first-order valence-electron chi connectivity index (χ1n) is 8.68. The molecular weight excluding hydrogens is 443 g/mol. The van der Waals surface area contributed by atoms with Crippen LogP contribution in [0.2, 0.25) is 5.02 Å². The zero-order chi connectivity index (χ0) is 22.1. The number of ether oxygens (including phenoxy) is 1. The van der Waals surface area contributed by atoms with Gasteiger partial charge in [0.15, 0.2) is 0 Å².